The Bertz CT molecular complexity index is 612. The maximum atomic E-state index is 11.7. The molecule has 0 N–H and O–H groups in total. The van der Waals surface area contributed by atoms with Crippen LogP contribution in [0.15, 0.2) is 22.7 Å². The highest BCUT2D eigenvalue weighted by molar-refractivity contribution is 9.10. The summed E-state index contributed by atoms with van der Waals surface area (Å²) in [5, 5.41) is 1.44. The molecule has 0 amide bonds. The van der Waals surface area contributed by atoms with Crippen LogP contribution in [-0.4, -0.2) is 18.1 Å². The highest BCUT2D eigenvalue weighted by Crippen LogP contribution is 2.34. The van der Waals surface area contributed by atoms with Crippen LogP contribution in [0.4, 0.5) is 0 Å². The fraction of sp³-hybridized carbons (Fsp3) is 0.167. The van der Waals surface area contributed by atoms with Crippen molar-refractivity contribution in [2.75, 3.05) is 7.11 Å². The van der Waals surface area contributed by atoms with Crippen LogP contribution in [0.2, 0.25) is 5.02 Å². The van der Waals surface area contributed by atoms with Crippen molar-refractivity contribution >= 4 is 44.8 Å². The number of thiazole rings is 1. The summed E-state index contributed by atoms with van der Waals surface area (Å²) in [6.07, 6.45) is 0. The zero-order valence-corrected chi connectivity index (χ0v) is 12.8. The molecule has 0 aliphatic rings. The Morgan fingerprint density at radius 1 is 1.50 bits per heavy atom. The first-order valence-electron chi connectivity index (χ1n) is 5.04. The number of rotatable bonds is 2. The lowest BCUT2D eigenvalue weighted by Gasteiger charge is -2.03. The Morgan fingerprint density at radius 2 is 2.22 bits per heavy atom. The van der Waals surface area contributed by atoms with Crippen LogP contribution in [0, 0.1) is 6.92 Å². The molecular weight excluding hydrogens is 338 g/mol. The number of carbonyl (C=O) groups excluding carboxylic acids is 1. The monoisotopic (exact) mass is 345 g/mol. The van der Waals surface area contributed by atoms with Gasteiger partial charge in [0.1, 0.15) is 0 Å². The van der Waals surface area contributed by atoms with E-state index in [2.05, 4.69) is 20.9 Å². The molecule has 0 aliphatic carbocycles. The second-order valence-corrected chi connectivity index (χ2v) is 6.00. The van der Waals surface area contributed by atoms with E-state index in [1.807, 2.05) is 19.1 Å². The van der Waals surface area contributed by atoms with Gasteiger partial charge in [0, 0.05) is 4.47 Å². The summed E-state index contributed by atoms with van der Waals surface area (Å²) in [6, 6.07) is 5.49. The van der Waals surface area contributed by atoms with Gasteiger partial charge in [-0.3, -0.25) is 0 Å². The number of ether oxygens (including phenoxy) is 1. The predicted octanol–water partition coefficient (Wildman–Crippen LogP) is 4.32. The van der Waals surface area contributed by atoms with Crippen LogP contribution in [0.25, 0.3) is 10.4 Å². The van der Waals surface area contributed by atoms with Gasteiger partial charge < -0.3 is 4.74 Å². The maximum Gasteiger partial charge on any atom is 0.358 e. The highest BCUT2D eigenvalue weighted by atomic mass is 79.9. The number of benzene rings is 1. The highest BCUT2D eigenvalue weighted by Gasteiger charge is 2.19. The average molecular weight is 347 g/mol. The standard InChI is InChI=1S/C12H9BrClNO2S/c1-6-15-10(12(16)17-2)11(18-6)7-3-4-9(14)8(13)5-7/h3-5H,1-2H3. The molecule has 2 rings (SSSR count). The molecule has 3 nitrogen and oxygen atoms in total. The third kappa shape index (κ3) is 2.58. The average Bonchev–Trinajstić information content (AvgIpc) is 2.74. The van der Waals surface area contributed by atoms with Crippen LogP contribution in [0.1, 0.15) is 15.5 Å². The third-order valence-corrected chi connectivity index (χ3v) is 4.53. The Morgan fingerprint density at radius 3 is 2.83 bits per heavy atom. The maximum absolute atomic E-state index is 11.7. The minimum atomic E-state index is -0.430. The Kier molecular flexibility index (Phi) is 4.04. The molecule has 0 aliphatic heterocycles. The third-order valence-electron chi connectivity index (χ3n) is 2.29. The molecule has 1 aromatic carbocycles. The van der Waals surface area contributed by atoms with Crippen LogP contribution >= 0.6 is 38.9 Å². The molecule has 1 aromatic heterocycles. The lowest BCUT2D eigenvalue weighted by molar-refractivity contribution is 0.0595. The first kappa shape index (κ1) is 13.5. The number of hydrogen-bond acceptors (Lipinski definition) is 4. The van der Waals surface area contributed by atoms with E-state index in [9.17, 15) is 4.79 Å². The Hall–Kier alpha value is -0.910. The number of methoxy groups -OCH3 is 1. The number of halogens is 2. The Labute approximate surface area is 122 Å². The summed E-state index contributed by atoms with van der Waals surface area (Å²) in [4.78, 5) is 16.7. The number of nitrogens with zero attached hydrogens (tertiary/aromatic N) is 1. The minimum Gasteiger partial charge on any atom is -0.464 e. The van der Waals surface area contributed by atoms with E-state index in [4.69, 9.17) is 16.3 Å². The van der Waals surface area contributed by atoms with E-state index < -0.39 is 5.97 Å². The van der Waals surface area contributed by atoms with Crippen molar-refractivity contribution in [1.29, 1.82) is 0 Å². The molecule has 2 aromatic rings. The number of esters is 1. The van der Waals surface area contributed by atoms with E-state index in [0.29, 0.717) is 10.7 Å². The number of aryl methyl sites for hydroxylation is 1. The molecule has 0 unspecified atom stereocenters. The molecule has 6 heteroatoms. The van der Waals surface area contributed by atoms with Gasteiger partial charge in [-0.05, 0) is 40.5 Å². The van der Waals surface area contributed by atoms with E-state index in [0.717, 1.165) is 19.9 Å². The van der Waals surface area contributed by atoms with Crippen molar-refractivity contribution in [3.63, 3.8) is 0 Å². The van der Waals surface area contributed by atoms with Gasteiger partial charge in [0.15, 0.2) is 5.69 Å². The van der Waals surface area contributed by atoms with E-state index in [-0.39, 0.29) is 0 Å². The zero-order chi connectivity index (χ0) is 13.3. The number of hydrogen-bond donors (Lipinski definition) is 0. The number of aromatic nitrogens is 1. The van der Waals surface area contributed by atoms with Crippen molar-refractivity contribution in [2.24, 2.45) is 0 Å². The van der Waals surface area contributed by atoms with Crippen LogP contribution < -0.4 is 0 Å². The van der Waals surface area contributed by atoms with Gasteiger partial charge in [-0.15, -0.1) is 11.3 Å². The lowest BCUT2D eigenvalue weighted by Crippen LogP contribution is -2.03. The fourth-order valence-electron chi connectivity index (χ4n) is 1.50. The van der Waals surface area contributed by atoms with Gasteiger partial charge >= 0.3 is 5.97 Å². The molecule has 0 bridgehead atoms. The SMILES string of the molecule is COC(=O)c1nc(C)sc1-c1ccc(Cl)c(Br)c1. The van der Waals surface area contributed by atoms with E-state index in [1.54, 1.807) is 6.07 Å². The van der Waals surface area contributed by atoms with Gasteiger partial charge in [0.2, 0.25) is 0 Å². The smallest absolute Gasteiger partial charge is 0.358 e. The molecule has 0 fully saturated rings. The largest absolute Gasteiger partial charge is 0.464 e. The molecular formula is C12H9BrClNO2S. The van der Waals surface area contributed by atoms with Crippen molar-refractivity contribution in [2.45, 2.75) is 6.92 Å². The van der Waals surface area contributed by atoms with Gasteiger partial charge in [0.25, 0.3) is 0 Å². The normalized spacial score (nSPS) is 10.4. The summed E-state index contributed by atoms with van der Waals surface area (Å²) in [5.41, 5.74) is 1.23. The van der Waals surface area contributed by atoms with Gasteiger partial charge in [-0.1, -0.05) is 17.7 Å². The summed E-state index contributed by atoms with van der Waals surface area (Å²) in [5.74, 6) is -0.430. The van der Waals surface area contributed by atoms with Gasteiger partial charge in [-0.2, -0.15) is 0 Å². The molecule has 0 saturated heterocycles. The minimum absolute atomic E-state index is 0.342. The lowest BCUT2D eigenvalue weighted by atomic mass is 10.1. The zero-order valence-electron chi connectivity index (χ0n) is 9.66. The first-order chi connectivity index (χ1) is 8.52. The van der Waals surface area contributed by atoms with Crippen molar-refractivity contribution in [1.82, 2.24) is 4.98 Å². The van der Waals surface area contributed by atoms with Crippen LogP contribution in [0.3, 0.4) is 0 Å². The predicted molar refractivity (Wildman–Crippen MR) is 76.3 cm³/mol. The second-order valence-electron chi connectivity index (χ2n) is 3.53. The molecule has 94 valence electrons. The van der Waals surface area contributed by atoms with Crippen molar-refractivity contribution in [3.05, 3.63) is 38.4 Å². The first-order valence-corrected chi connectivity index (χ1v) is 7.03. The quantitative estimate of drug-likeness (QED) is 0.760. The molecule has 18 heavy (non-hydrogen) atoms. The molecule has 0 saturated carbocycles. The van der Waals surface area contributed by atoms with Crippen molar-refractivity contribution < 1.29 is 9.53 Å². The fourth-order valence-corrected chi connectivity index (χ4v) is 2.89. The van der Waals surface area contributed by atoms with Gasteiger partial charge in [0.05, 0.1) is 22.0 Å². The second kappa shape index (κ2) is 5.38. The van der Waals surface area contributed by atoms with Gasteiger partial charge in [-0.25, -0.2) is 9.78 Å². The van der Waals surface area contributed by atoms with E-state index in [1.165, 1.54) is 18.4 Å². The molecule has 0 radical (unpaired) electrons. The molecule has 0 spiro atoms. The van der Waals surface area contributed by atoms with Crippen molar-refractivity contribution in [3.8, 4) is 10.4 Å². The molecule has 0 atom stereocenters. The summed E-state index contributed by atoms with van der Waals surface area (Å²) in [6.45, 7) is 1.85. The van der Waals surface area contributed by atoms with E-state index >= 15 is 0 Å². The van der Waals surface area contributed by atoms with Crippen LogP contribution in [-0.2, 0) is 4.74 Å². The summed E-state index contributed by atoms with van der Waals surface area (Å²) >= 11 is 10.8. The topological polar surface area (TPSA) is 39.2 Å². The van der Waals surface area contributed by atoms with Crippen LogP contribution in [0.5, 0.6) is 0 Å². The summed E-state index contributed by atoms with van der Waals surface area (Å²) < 4.78 is 5.51. The number of carbonyl (C=O) groups is 1. The molecule has 1 heterocycles. The Balaban J connectivity index is 2.56. The summed E-state index contributed by atoms with van der Waals surface area (Å²) in [7, 11) is 1.35.